The van der Waals surface area contributed by atoms with Gasteiger partial charge in [0, 0.05) is 16.5 Å². The molecule has 0 saturated heterocycles. The van der Waals surface area contributed by atoms with Gasteiger partial charge in [0.15, 0.2) is 0 Å². The van der Waals surface area contributed by atoms with E-state index < -0.39 is 0 Å². The molecule has 0 aromatic heterocycles. The summed E-state index contributed by atoms with van der Waals surface area (Å²) < 4.78 is 0. The fraction of sp³-hybridized carbons (Fsp3) is 0.682. The summed E-state index contributed by atoms with van der Waals surface area (Å²) in [5.41, 5.74) is 11.9. The van der Waals surface area contributed by atoms with Crippen molar-refractivity contribution in [3.8, 4) is 0 Å². The van der Waals surface area contributed by atoms with Crippen LogP contribution in [0.4, 0.5) is 11.4 Å². The monoisotopic (exact) mass is 687 g/mol. The molecule has 0 bridgehead atoms. The minimum atomic E-state index is 0. The van der Waals surface area contributed by atoms with Crippen LogP contribution in [0.3, 0.4) is 0 Å². The summed E-state index contributed by atoms with van der Waals surface area (Å²) >= 11 is 0. The largest absolute Gasteiger partial charge is 0.252 e. The number of aryl methyl sites for hydroxylation is 4. The fourth-order valence-corrected chi connectivity index (χ4v) is 6.79. The third-order valence-electron chi connectivity index (χ3n) is 9.73. The molecule has 2 rings (SSSR count). The Bertz CT molecular complexity index is 1160. The van der Waals surface area contributed by atoms with Gasteiger partial charge in [-0.25, -0.2) is 0 Å². The summed E-state index contributed by atoms with van der Waals surface area (Å²) in [6, 6.07) is 11.7. The summed E-state index contributed by atoms with van der Waals surface area (Å²) in [6.07, 6.45) is 29.5. The number of aliphatic imine (C=N–C) groups is 2. The summed E-state index contributed by atoms with van der Waals surface area (Å²) in [7, 11) is 0. The molecule has 2 nitrogen and oxygen atoms in total. The van der Waals surface area contributed by atoms with E-state index in [1.165, 1.54) is 152 Å². The van der Waals surface area contributed by atoms with E-state index in [1.807, 2.05) is 0 Å². The first-order valence-electron chi connectivity index (χ1n) is 19.8. The van der Waals surface area contributed by atoms with Crippen LogP contribution in [-0.4, -0.2) is 11.4 Å². The molecule has 0 atom stereocenters. The van der Waals surface area contributed by atoms with Crippen molar-refractivity contribution in [2.45, 2.75) is 196 Å². The van der Waals surface area contributed by atoms with Crippen LogP contribution in [0, 0.1) is 6.92 Å². The fourth-order valence-electron chi connectivity index (χ4n) is 6.79. The van der Waals surface area contributed by atoms with Gasteiger partial charge in [0.1, 0.15) is 0 Å². The van der Waals surface area contributed by atoms with Gasteiger partial charge in [-0.2, -0.15) is 0 Å². The molecule has 2 aromatic carbocycles. The molecule has 0 heterocycles. The average molecular weight is 688 g/mol. The summed E-state index contributed by atoms with van der Waals surface area (Å²) in [6.45, 7) is 15.9. The van der Waals surface area contributed by atoms with Crippen LogP contribution >= 0.6 is 0 Å². The zero-order valence-electron chi connectivity index (χ0n) is 31.9. The van der Waals surface area contributed by atoms with Gasteiger partial charge >= 0.3 is 0 Å². The molecule has 268 valence electrons. The zero-order valence-corrected chi connectivity index (χ0v) is 32.8. The molecule has 0 aliphatic heterocycles. The van der Waals surface area contributed by atoms with Crippen molar-refractivity contribution in [2.24, 2.45) is 9.98 Å². The van der Waals surface area contributed by atoms with Crippen molar-refractivity contribution in [1.29, 1.82) is 0 Å². The standard InChI is InChI=1S/C44H72N2.Ni/c1-8-13-17-20-22-25-28-38-31-32-41(34-39(38)29-24-19-15-10-3)46-44(12-5)37(7)45-42-33-36(6)43(40(35-42)27-16-11-4)30-26-23-21-18-14-9-2;/h31-35H,8-30H2,1-7H3;. The molecular weight excluding hydrogens is 615 g/mol. The van der Waals surface area contributed by atoms with E-state index in [1.54, 1.807) is 11.1 Å². The number of nitrogens with zero attached hydrogens (tertiary/aromatic N) is 2. The van der Waals surface area contributed by atoms with Crippen molar-refractivity contribution < 1.29 is 16.5 Å². The van der Waals surface area contributed by atoms with Crippen LogP contribution in [0.5, 0.6) is 0 Å². The normalized spacial score (nSPS) is 12.1. The van der Waals surface area contributed by atoms with E-state index >= 15 is 0 Å². The smallest absolute Gasteiger partial charge is 0.0639 e. The molecule has 0 fully saturated rings. The van der Waals surface area contributed by atoms with Crippen molar-refractivity contribution in [3.63, 3.8) is 0 Å². The van der Waals surface area contributed by atoms with Gasteiger partial charge in [0.05, 0.1) is 22.8 Å². The third kappa shape index (κ3) is 17.5. The summed E-state index contributed by atoms with van der Waals surface area (Å²) in [5, 5.41) is 0. The van der Waals surface area contributed by atoms with E-state index in [2.05, 4.69) is 78.8 Å². The molecule has 0 amide bonds. The van der Waals surface area contributed by atoms with Crippen LogP contribution in [0.1, 0.15) is 191 Å². The van der Waals surface area contributed by atoms with Crippen molar-refractivity contribution in [2.75, 3.05) is 0 Å². The topological polar surface area (TPSA) is 24.7 Å². The molecule has 0 N–H and O–H groups in total. The van der Waals surface area contributed by atoms with Gasteiger partial charge < -0.3 is 0 Å². The summed E-state index contributed by atoms with van der Waals surface area (Å²) in [5.74, 6) is 0. The maximum atomic E-state index is 5.22. The van der Waals surface area contributed by atoms with Crippen LogP contribution in [0.2, 0.25) is 0 Å². The van der Waals surface area contributed by atoms with E-state index in [4.69, 9.17) is 9.98 Å². The summed E-state index contributed by atoms with van der Waals surface area (Å²) in [4.78, 5) is 10.4. The molecule has 0 radical (unpaired) electrons. The van der Waals surface area contributed by atoms with Crippen molar-refractivity contribution in [3.05, 3.63) is 58.1 Å². The van der Waals surface area contributed by atoms with E-state index in [-0.39, 0.29) is 16.5 Å². The molecule has 47 heavy (non-hydrogen) atoms. The van der Waals surface area contributed by atoms with Gasteiger partial charge in [-0.05, 0) is 124 Å². The predicted octanol–water partition coefficient (Wildman–Crippen LogP) is 14.5. The maximum absolute atomic E-state index is 5.22. The minimum Gasteiger partial charge on any atom is -0.252 e. The van der Waals surface area contributed by atoms with E-state index in [9.17, 15) is 0 Å². The first kappa shape index (κ1) is 43.3. The van der Waals surface area contributed by atoms with Gasteiger partial charge in [-0.1, -0.05) is 131 Å². The Kier molecular flexibility index (Phi) is 25.0. The first-order chi connectivity index (χ1) is 22.5. The number of hydrogen-bond acceptors (Lipinski definition) is 2. The SMILES string of the molecule is CCCCCCCCc1ccc(N=C(CC)C(C)=Nc2cc(C)c(CCCCCCCC)c(CCCC)c2)cc1CCCCCC.[Ni]. The second kappa shape index (κ2) is 27.1. The second-order valence-corrected chi connectivity index (χ2v) is 13.9. The average Bonchev–Trinajstić information content (AvgIpc) is 3.05. The zero-order chi connectivity index (χ0) is 33.4. The number of unbranched alkanes of at least 4 members (excludes halogenated alkanes) is 14. The number of benzene rings is 2. The quantitative estimate of drug-likeness (QED) is 0.0534. The van der Waals surface area contributed by atoms with Crippen LogP contribution in [-0.2, 0) is 42.2 Å². The minimum absolute atomic E-state index is 0. The molecule has 0 saturated carbocycles. The Morgan fingerprint density at radius 3 is 1.57 bits per heavy atom. The van der Waals surface area contributed by atoms with Crippen molar-refractivity contribution in [1.82, 2.24) is 0 Å². The Morgan fingerprint density at radius 2 is 0.979 bits per heavy atom. The second-order valence-electron chi connectivity index (χ2n) is 13.9. The molecule has 0 aliphatic carbocycles. The van der Waals surface area contributed by atoms with E-state index in [0.717, 1.165) is 35.6 Å². The van der Waals surface area contributed by atoms with Gasteiger partial charge in [0.2, 0.25) is 0 Å². The van der Waals surface area contributed by atoms with Crippen molar-refractivity contribution >= 4 is 22.8 Å². The Labute approximate surface area is 302 Å². The third-order valence-corrected chi connectivity index (χ3v) is 9.73. The first-order valence-corrected chi connectivity index (χ1v) is 19.8. The molecule has 0 unspecified atom stereocenters. The molecular formula is C44H72N2Ni. The molecule has 3 heteroatoms. The molecule has 2 aromatic rings. The van der Waals surface area contributed by atoms with Gasteiger partial charge in [-0.15, -0.1) is 0 Å². The van der Waals surface area contributed by atoms with E-state index in [0.29, 0.717) is 0 Å². The Hall–Kier alpha value is -1.73. The maximum Gasteiger partial charge on any atom is 0.0639 e. The van der Waals surface area contributed by atoms with Crippen LogP contribution in [0.25, 0.3) is 0 Å². The number of hydrogen-bond donors (Lipinski definition) is 0. The van der Waals surface area contributed by atoms with Crippen LogP contribution < -0.4 is 0 Å². The predicted molar refractivity (Wildman–Crippen MR) is 208 cm³/mol. The molecule has 0 spiro atoms. The Balaban J connectivity index is 0.0000110. The van der Waals surface area contributed by atoms with Gasteiger partial charge in [0.25, 0.3) is 0 Å². The number of rotatable bonds is 26. The van der Waals surface area contributed by atoms with Gasteiger partial charge in [-0.3, -0.25) is 9.98 Å². The molecule has 0 aliphatic rings. The van der Waals surface area contributed by atoms with Crippen LogP contribution in [0.15, 0.2) is 40.3 Å². The Morgan fingerprint density at radius 1 is 0.489 bits per heavy atom.